The molecule has 1 saturated carbocycles. The SMILES string of the molecule is Cc1ccc(OCC(=O)NC2CC3CC2CN3CC(O)COc2ccc(C)cc2)cc1. The van der Waals surface area contributed by atoms with Crippen molar-refractivity contribution in [3.8, 4) is 11.5 Å². The smallest absolute Gasteiger partial charge is 0.258 e. The largest absolute Gasteiger partial charge is 0.491 e. The second kappa shape index (κ2) is 9.71. The van der Waals surface area contributed by atoms with Gasteiger partial charge in [-0.2, -0.15) is 0 Å². The number of carbonyl (C=O) groups excluding carboxylic acids is 1. The number of aliphatic hydroxyl groups is 1. The Morgan fingerprint density at radius 2 is 1.65 bits per heavy atom. The van der Waals surface area contributed by atoms with Crippen molar-refractivity contribution in [2.24, 2.45) is 5.92 Å². The van der Waals surface area contributed by atoms with Gasteiger partial charge in [-0.05, 0) is 56.9 Å². The van der Waals surface area contributed by atoms with E-state index in [1.54, 1.807) is 0 Å². The van der Waals surface area contributed by atoms with E-state index in [-0.39, 0.29) is 25.2 Å². The molecule has 166 valence electrons. The Labute approximate surface area is 184 Å². The first-order valence-corrected chi connectivity index (χ1v) is 11.1. The van der Waals surface area contributed by atoms with Crippen molar-refractivity contribution in [1.82, 2.24) is 10.2 Å². The lowest BCUT2D eigenvalue weighted by Crippen LogP contribution is -2.49. The molecule has 2 bridgehead atoms. The van der Waals surface area contributed by atoms with Crippen LogP contribution in [0.25, 0.3) is 0 Å². The molecule has 2 N–H and O–H groups in total. The van der Waals surface area contributed by atoms with Gasteiger partial charge in [-0.1, -0.05) is 35.4 Å². The standard InChI is InChI=1S/C25H32N2O4/c1-17-3-7-22(8-4-17)30-15-21(28)14-27-13-19-11-20(27)12-24(19)26-25(29)16-31-23-9-5-18(2)6-10-23/h3-10,19-21,24,28H,11-16H2,1-2H3,(H,26,29). The number of amides is 1. The number of rotatable bonds is 9. The number of hydrogen-bond donors (Lipinski definition) is 2. The number of aliphatic hydroxyl groups excluding tert-OH is 1. The van der Waals surface area contributed by atoms with Gasteiger partial charge >= 0.3 is 0 Å². The Balaban J connectivity index is 1.16. The van der Waals surface area contributed by atoms with Crippen molar-refractivity contribution < 1.29 is 19.4 Å². The first-order chi connectivity index (χ1) is 15.0. The number of benzene rings is 2. The summed E-state index contributed by atoms with van der Waals surface area (Å²) >= 11 is 0. The molecule has 0 aromatic heterocycles. The third kappa shape index (κ3) is 5.77. The molecule has 1 aliphatic heterocycles. The Bertz CT molecular complexity index is 868. The molecule has 4 rings (SSSR count). The Morgan fingerprint density at radius 1 is 1.03 bits per heavy atom. The predicted molar refractivity (Wildman–Crippen MR) is 119 cm³/mol. The molecule has 0 radical (unpaired) electrons. The molecule has 2 aromatic rings. The topological polar surface area (TPSA) is 71.0 Å². The highest BCUT2D eigenvalue weighted by molar-refractivity contribution is 5.78. The van der Waals surface area contributed by atoms with Crippen LogP contribution in [0, 0.1) is 19.8 Å². The predicted octanol–water partition coefficient (Wildman–Crippen LogP) is 2.70. The Kier molecular flexibility index (Phi) is 6.78. The summed E-state index contributed by atoms with van der Waals surface area (Å²) in [7, 11) is 0. The highest BCUT2D eigenvalue weighted by Gasteiger charge is 2.45. The maximum atomic E-state index is 12.3. The number of carbonyl (C=O) groups is 1. The van der Waals surface area contributed by atoms with Gasteiger partial charge in [-0.15, -0.1) is 0 Å². The first-order valence-electron chi connectivity index (χ1n) is 11.1. The van der Waals surface area contributed by atoms with Gasteiger partial charge in [0.15, 0.2) is 6.61 Å². The van der Waals surface area contributed by atoms with Crippen LogP contribution in [-0.2, 0) is 4.79 Å². The number of piperidine rings is 1. The van der Waals surface area contributed by atoms with Crippen molar-refractivity contribution in [1.29, 1.82) is 0 Å². The first kappa shape index (κ1) is 21.7. The van der Waals surface area contributed by atoms with Gasteiger partial charge in [0, 0.05) is 25.2 Å². The minimum atomic E-state index is -0.531. The third-order valence-corrected chi connectivity index (χ3v) is 6.30. The molecule has 6 heteroatoms. The van der Waals surface area contributed by atoms with Crippen molar-refractivity contribution in [2.75, 3.05) is 26.3 Å². The highest BCUT2D eigenvalue weighted by Crippen LogP contribution is 2.37. The molecule has 31 heavy (non-hydrogen) atoms. The highest BCUT2D eigenvalue weighted by atomic mass is 16.5. The van der Waals surface area contributed by atoms with Gasteiger partial charge in [-0.25, -0.2) is 0 Å². The van der Waals surface area contributed by atoms with Crippen molar-refractivity contribution in [3.05, 3.63) is 59.7 Å². The summed E-state index contributed by atoms with van der Waals surface area (Å²) in [6.45, 7) is 5.88. The average Bonchev–Trinajstić information content (AvgIpc) is 3.33. The number of likely N-dealkylation sites (tertiary alicyclic amines) is 1. The van der Waals surface area contributed by atoms with Crippen LogP contribution < -0.4 is 14.8 Å². The summed E-state index contributed by atoms with van der Waals surface area (Å²) in [4.78, 5) is 14.6. The molecule has 1 aliphatic carbocycles. The Hall–Kier alpha value is -2.57. The lowest BCUT2D eigenvalue weighted by atomic mass is 10.0. The molecular weight excluding hydrogens is 392 g/mol. The number of aryl methyl sites for hydroxylation is 2. The van der Waals surface area contributed by atoms with Crippen LogP contribution in [0.3, 0.4) is 0 Å². The van der Waals surface area contributed by atoms with Gasteiger partial charge in [0.1, 0.15) is 24.2 Å². The number of nitrogens with one attached hydrogen (secondary N) is 1. The quantitative estimate of drug-likeness (QED) is 0.648. The van der Waals surface area contributed by atoms with Crippen LogP contribution >= 0.6 is 0 Å². The summed E-state index contributed by atoms with van der Waals surface area (Å²) in [5.74, 6) is 1.85. The lowest BCUT2D eigenvalue weighted by molar-refractivity contribution is -0.124. The average molecular weight is 425 g/mol. The van der Waals surface area contributed by atoms with Crippen molar-refractivity contribution >= 4 is 5.91 Å². The van der Waals surface area contributed by atoms with Crippen LogP contribution in [-0.4, -0.2) is 60.4 Å². The van der Waals surface area contributed by atoms with E-state index < -0.39 is 6.10 Å². The van der Waals surface area contributed by atoms with Gasteiger partial charge in [-0.3, -0.25) is 9.69 Å². The van der Waals surface area contributed by atoms with Crippen LogP contribution in [0.1, 0.15) is 24.0 Å². The molecule has 4 unspecified atom stereocenters. The zero-order chi connectivity index (χ0) is 21.8. The van der Waals surface area contributed by atoms with E-state index in [0.29, 0.717) is 24.3 Å². The number of hydrogen-bond acceptors (Lipinski definition) is 5. The molecule has 2 fully saturated rings. The van der Waals surface area contributed by atoms with Crippen LogP contribution in [0.5, 0.6) is 11.5 Å². The maximum absolute atomic E-state index is 12.3. The molecule has 1 heterocycles. The molecule has 1 amide bonds. The second-order valence-corrected chi connectivity index (χ2v) is 8.89. The molecule has 0 spiro atoms. The monoisotopic (exact) mass is 424 g/mol. The normalized spacial score (nSPS) is 23.5. The maximum Gasteiger partial charge on any atom is 0.258 e. The summed E-state index contributed by atoms with van der Waals surface area (Å²) in [6, 6.07) is 16.2. The number of nitrogens with zero attached hydrogens (tertiary/aromatic N) is 1. The summed E-state index contributed by atoms with van der Waals surface area (Å²) in [6.07, 6.45) is 1.46. The molecule has 1 saturated heterocycles. The fraction of sp³-hybridized carbons (Fsp3) is 0.480. The van der Waals surface area contributed by atoms with E-state index >= 15 is 0 Å². The van der Waals surface area contributed by atoms with Crippen LogP contribution in [0.2, 0.25) is 0 Å². The van der Waals surface area contributed by atoms with Crippen LogP contribution in [0.15, 0.2) is 48.5 Å². The van der Waals surface area contributed by atoms with Crippen molar-refractivity contribution in [3.63, 3.8) is 0 Å². The molecule has 2 aromatic carbocycles. The lowest BCUT2D eigenvalue weighted by Gasteiger charge is -2.33. The number of ether oxygens (including phenoxy) is 2. The van der Waals surface area contributed by atoms with E-state index in [4.69, 9.17) is 9.47 Å². The van der Waals surface area contributed by atoms with Gasteiger partial charge < -0.3 is 19.9 Å². The summed E-state index contributed by atoms with van der Waals surface area (Å²) in [5, 5.41) is 13.5. The minimum Gasteiger partial charge on any atom is -0.491 e. The number of fused-ring (bicyclic) bond motifs is 2. The fourth-order valence-electron chi connectivity index (χ4n) is 4.63. The van der Waals surface area contributed by atoms with Crippen LogP contribution in [0.4, 0.5) is 0 Å². The Morgan fingerprint density at radius 3 is 2.23 bits per heavy atom. The second-order valence-electron chi connectivity index (χ2n) is 8.89. The van der Waals surface area contributed by atoms with Gasteiger partial charge in [0.25, 0.3) is 5.91 Å². The van der Waals surface area contributed by atoms with E-state index in [9.17, 15) is 9.90 Å². The van der Waals surface area contributed by atoms with Gasteiger partial charge in [0.05, 0.1) is 0 Å². The van der Waals surface area contributed by atoms with E-state index in [2.05, 4.69) is 10.2 Å². The van der Waals surface area contributed by atoms with Gasteiger partial charge in [0.2, 0.25) is 0 Å². The molecule has 2 aliphatic rings. The summed E-state index contributed by atoms with van der Waals surface area (Å²) < 4.78 is 11.3. The fourth-order valence-corrected chi connectivity index (χ4v) is 4.63. The summed E-state index contributed by atoms with van der Waals surface area (Å²) in [5.41, 5.74) is 2.35. The molecule has 4 atom stereocenters. The number of β-amino-alcohol motifs (C(OH)–C–C–N with tert-alkyl or cyclic N) is 1. The third-order valence-electron chi connectivity index (χ3n) is 6.30. The molecule has 6 nitrogen and oxygen atoms in total. The van der Waals surface area contributed by atoms with E-state index in [1.165, 1.54) is 5.56 Å². The van der Waals surface area contributed by atoms with E-state index in [1.807, 2.05) is 62.4 Å². The van der Waals surface area contributed by atoms with Crippen molar-refractivity contribution in [2.45, 2.75) is 44.9 Å². The zero-order valence-corrected chi connectivity index (χ0v) is 18.3. The zero-order valence-electron chi connectivity index (χ0n) is 18.3. The minimum absolute atomic E-state index is 0.0374. The molecular formula is C25H32N2O4. The van der Waals surface area contributed by atoms with E-state index in [0.717, 1.165) is 30.7 Å².